The van der Waals surface area contributed by atoms with Gasteiger partial charge in [0.1, 0.15) is 23.3 Å². The maximum absolute atomic E-state index is 10.4. The fourth-order valence-corrected chi connectivity index (χ4v) is 2.62. The van der Waals surface area contributed by atoms with Gasteiger partial charge in [0.15, 0.2) is 5.65 Å². The van der Waals surface area contributed by atoms with Gasteiger partial charge in [0.2, 0.25) is 0 Å². The van der Waals surface area contributed by atoms with E-state index in [1.54, 1.807) is 42.7 Å². The van der Waals surface area contributed by atoms with Crippen molar-refractivity contribution in [3.8, 4) is 33.9 Å². The van der Waals surface area contributed by atoms with Crippen molar-refractivity contribution in [1.82, 2.24) is 19.9 Å². The van der Waals surface area contributed by atoms with Crippen molar-refractivity contribution < 1.29 is 10.2 Å². The monoisotopic (exact) mass is 316 g/mol. The molecule has 0 saturated carbocycles. The maximum atomic E-state index is 10.4. The Morgan fingerprint density at radius 3 is 2.42 bits per heavy atom. The van der Waals surface area contributed by atoms with Crippen LogP contribution in [-0.4, -0.2) is 30.1 Å². The predicted octanol–water partition coefficient (Wildman–Crippen LogP) is 3.17. The molecule has 0 aliphatic heterocycles. The molecule has 2 N–H and O–H groups in total. The van der Waals surface area contributed by atoms with Gasteiger partial charge in [-0.15, -0.1) is 0 Å². The van der Waals surface area contributed by atoms with Crippen LogP contribution in [0, 0.1) is 0 Å². The second kappa shape index (κ2) is 5.58. The zero-order chi connectivity index (χ0) is 16.5. The number of aromatic nitrogens is 4. The fourth-order valence-electron chi connectivity index (χ4n) is 2.62. The van der Waals surface area contributed by atoms with Gasteiger partial charge >= 0.3 is 0 Å². The van der Waals surface area contributed by atoms with E-state index in [4.69, 9.17) is 0 Å². The van der Waals surface area contributed by atoms with Crippen molar-refractivity contribution in [3.05, 3.63) is 61.2 Å². The molecular weight excluding hydrogens is 304 g/mol. The Morgan fingerprint density at radius 2 is 1.54 bits per heavy atom. The number of benzene rings is 2. The molecule has 0 atom stereocenters. The van der Waals surface area contributed by atoms with Crippen LogP contribution in [0.1, 0.15) is 0 Å². The molecule has 0 fully saturated rings. The van der Waals surface area contributed by atoms with Crippen LogP contribution < -0.4 is 0 Å². The van der Waals surface area contributed by atoms with Crippen LogP contribution >= 0.6 is 0 Å². The molecule has 6 nitrogen and oxygen atoms in total. The van der Waals surface area contributed by atoms with Gasteiger partial charge in [-0.2, -0.15) is 0 Å². The van der Waals surface area contributed by atoms with Gasteiger partial charge in [0, 0.05) is 5.56 Å². The summed E-state index contributed by atoms with van der Waals surface area (Å²) in [5.41, 5.74) is 3.24. The predicted molar refractivity (Wildman–Crippen MR) is 89.3 cm³/mol. The topological polar surface area (TPSA) is 92.0 Å². The normalized spacial score (nSPS) is 10.8. The van der Waals surface area contributed by atoms with Crippen molar-refractivity contribution in [1.29, 1.82) is 0 Å². The van der Waals surface area contributed by atoms with Crippen molar-refractivity contribution in [2.75, 3.05) is 0 Å². The Balaban J connectivity index is 1.99. The van der Waals surface area contributed by atoms with Crippen molar-refractivity contribution >= 4 is 11.2 Å². The van der Waals surface area contributed by atoms with E-state index < -0.39 is 0 Å². The molecule has 0 radical (unpaired) electrons. The first-order valence-corrected chi connectivity index (χ1v) is 7.27. The second-order valence-corrected chi connectivity index (χ2v) is 5.20. The first-order chi connectivity index (χ1) is 11.7. The summed E-state index contributed by atoms with van der Waals surface area (Å²) in [6, 6.07) is 12.1. The molecule has 0 aliphatic carbocycles. The third-order valence-corrected chi connectivity index (χ3v) is 3.72. The smallest absolute Gasteiger partial charge is 0.181 e. The van der Waals surface area contributed by atoms with Crippen LogP contribution in [0.25, 0.3) is 33.5 Å². The molecule has 2 aromatic heterocycles. The average Bonchev–Trinajstić information content (AvgIpc) is 2.61. The van der Waals surface area contributed by atoms with Crippen molar-refractivity contribution in [2.24, 2.45) is 0 Å². The van der Waals surface area contributed by atoms with Crippen molar-refractivity contribution in [3.63, 3.8) is 0 Å². The van der Waals surface area contributed by atoms with E-state index in [1.165, 1.54) is 6.33 Å². The minimum absolute atomic E-state index is 0.0541. The number of hydrogen-bond acceptors (Lipinski definition) is 6. The number of phenols is 2. The Kier molecular flexibility index (Phi) is 3.28. The molecule has 0 bridgehead atoms. The van der Waals surface area contributed by atoms with Crippen LogP contribution in [0.5, 0.6) is 11.5 Å². The fraction of sp³-hybridized carbons (Fsp3) is 0. The highest BCUT2D eigenvalue weighted by Gasteiger charge is 2.16. The third kappa shape index (κ3) is 2.30. The molecular formula is C18H12N4O2. The van der Waals surface area contributed by atoms with E-state index in [0.29, 0.717) is 33.5 Å². The third-order valence-electron chi connectivity index (χ3n) is 3.72. The Bertz CT molecular complexity index is 1050. The van der Waals surface area contributed by atoms with E-state index in [-0.39, 0.29) is 11.5 Å². The van der Waals surface area contributed by atoms with Gasteiger partial charge in [0.05, 0.1) is 23.7 Å². The standard InChI is InChI=1S/C18H12N4O2/c23-15-6-2-1-4-11(15)12-5-3-7-16(24)17(12)13-9-20-14-8-19-10-21-18(14)22-13/h1-10,23-24H. The number of rotatable bonds is 2. The SMILES string of the molecule is Oc1ccccc1-c1cccc(O)c1-c1cnc2cncnc2n1. The van der Waals surface area contributed by atoms with E-state index in [2.05, 4.69) is 19.9 Å². The highest BCUT2D eigenvalue weighted by Crippen LogP contribution is 2.40. The first kappa shape index (κ1) is 14.1. The van der Waals surface area contributed by atoms with E-state index in [1.807, 2.05) is 12.1 Å². The molecule has 2 aromatic carbocycles. The van der Waals surface area contributed by atoms with Crippen LogP contribution in [0.15, 0.2) is 61.2 Å². The lowest BCUT2D eigenvalue weighted by Crippen LogP contribution is -1.94. The van der Waals surface area contributed by atoms with Crippen LogP contribution in [0.4, 0.5) is 0 Å². The minimum atomic E-state index is 0.0541. The molecule has 4 aromatic rings. The number of fused-ring (bicyclic) bond motifs is 1. The summed E-state index contributed by atoms with van der Waals surface area (Å²) >= 11 is 0. The zero-order valence-corrected chi connectivity index (χ0v) is 12.5. The lowest BCUT2D eigenvalue weighted by Gasteiger charge is -2.12. The summed E-state index contributed by atoms with van der Waals surface area (Å²) in [7, 11) is 0. The molecule has 0 amide bonds. The zero-order valence-electron chi connectivity index (χ0n) is 12.5. The van der Waals surface area contributed by atoms with Gasteiger partial charge in [-0.1, -0.05) is 30.3 Å². The summed E-state index contributed by atoms with van der Waals surface area (Å²) in [6.07, 6.45) is 4.54. The van der Waals surface area contributed by atoms with Gasteiger partial charge in [-0.25, -0.2) is 19.9 Å². The lowest BCUT2D eigenvalue weighted by molar-refractivity contribution is 0.475. The van der Waals surface area contributed by atoms with Gasteiger partial charge in [-0.3, -0.25) is 0 Å². The average molecular weight is 316 g/mol. The quantitative estimate of drug-likeness (QED) is 0.590. The van der Waals surface area contributed by atoms with Crippen LogP contribution in [0.3, 0.4) is 0 Å². The van der Waals surface area contributed by atoms with Gasteiger partial charge in [0.25, 0.3) is 0 Å². The number of hydrogen-bond donors (Lipinski definition) is 2. The summed E-state index contributed by atoms with van der Waals surface area (Å²) in [5.74, 6) is 0.180. The Hall–Kier alpha value is -3.54. The minimum Gasteiger partial charge on any atom is -0.507 e. The van der Waals surface area contributed by atoms with E-state index >= 15 is 0 Å². The molecule has 0 unspecified atom stereocenters. The maximum Gasteiger partial charge on any atom is 0.181 e. The molecule has 2 heterocycles. The molecule has 116 valence electrons. The van der Waals surface area contributed by atoms with Crippen molar-refractivity contribution in [2.45, 2.75) is 0 Å². The van der Waals surface area contributed by atoms with Gasteiger partial charge in [-0.05, 0) is 17.7 Å². The number of para-hydroxylation sites is 1. The summed E-state index contributed by atoms with van der Waals surface area (Å²) in [6.45, 7) is 0. The molecule has 0 saturated heterocycles. The summed E-state index contributed by atoms with van der Waals surface area (Å²) in [5, 5.41) is 20.5. The first-order valence-electron chi connectivity index (χ1n) is 7.27. The number of nitrogens with zero attached hydrogens (tertiary/aromatic N) is 4. The van der Waals surface area contributed by atoms with E-state index in [0.717, 1.165) is 0 Å². The van der Waals surface area contributed by atoms with E-state index in [9.17, 15) is 10.2 Å². The Labute approximate surface area is 137 Å². The van der Waals surface area contributed by atoms with Crippen LogP contribution in [-0.2, 0) is 0 Å². The summed E-state index contributed by atoms with van der Waals surface area (Å²) < 4.78 is 0. The largest absolute Gasteiger partial charge is 0.507 e. The summed E-state index contributed by atoms with van der Waals surface area (Å²) in [4.78, 5) is 16.8. The highest BCUT2D eigenvalue weighted by molar-refractivity contribution is 5.89. The highest BCUT2D eigenvalue weighted by atomic mass is 16.3. The number of phenolic OH excluding ortho intramolecular Hbond substituents is 2. The molecule has 0 spiro atoms. The Morgan fingerprint density at radius 1 is 0.750 bits per heavy atom. The molecule has 6 heteroatoms. The molecule has 0 aliphatic rings. The van der Waals surface area contributed by atoms with Gasteiger partial charge < -0.3 is 10.2 Å². The van der Waals surface area contributed by atoms with Crippen LogP contribution in [0.2, 0.25) is 0 Å². The molecule has 24 heavy (non-hydrogen) atoms. The number of aromatic hydroxyl groups is 2. The second-order valence-electron chi connectivity index (χ2n) is 5.20. The lowest BCUT2D eigenvalue weighted by atomic mass is 9.96. The molecule has 4 rings (SSSR count).